The predicted molar refractivity (Wildman–Crippen MR) is 76.5 cm³/mol. The van der Waals surface area contributed by atoms with Crippen LogP contribution in [0.2, 0.25) is 0 Å². The van der Waals surface area contributed by atoms with Crippen molar-refractivity contribution in [2.75, 3.05) is 13.3 Å². The summed E-state index contributed by atoms with van der Waals surface area (Å²) in [6, 6.07) is 5.43. The summed E-state index contributed by atoms with van der Waals surface area (Å²) in [6.07, 6.45) is 0.822. The van der Waals surface area contributed by atoms with Gasteiger partial charge in [0.1, 0.15) is 18.1 Å². The number of hydrogen-bond donors (Lipinski definition) is 2. The third-order valence-corrected chi connectivity index (χ3v) is 4.62. The molecule has 8 heteroatoms. The van der Waals surface area contributed by atoms with Crippen molar-refractivity contribution in [2.24, 2.45) is 5.73 Å². The molecule has 0 saturated carbocycles. The minimum absolute atomic E-state index is 0.0333. The Morgan fingerprint density at radius 2 is 2.24 bits per heavy atom. The molecular formula is C13H18NO6P. The van der Waals surface area contributed by atoms with E-state index >= 15 is 0 Å². The summed E-state index contributed by atoms with van der Waals surface area (Å²) >= 11 is 0. The average molecular weight is 315 g/mol. The van der Waals surface area contributed by atoms with Gasteiger partial charge >= 0.3 is 13.6 Å². The Labute approximate surface area is 122 Å². The maximum Gasteiger partial charge on any atom is 0.378 e. The average Bonchev–Trinajstić information content (AvgIpc) is 2.45. The lowest BCUT2D eigenvalue weighted by molar-refractivity contribution is -0.138. The highest BCUT2D eigenvalue weighted by Gasteiger charge is 2.27. The zero-order valence-electron chi connectivity index (χ0n) is 11.6. The van der Waals surface area contributed by atoms with Gasteiger partial charge in [0.25, 0.3) is 0 Å². The Bertz CT molecular complexity index is 547. The van der Waals surface area contributed by atoms with Crippen LogP contribution in [-0.2, 0) is 25.1 Å². The fourth-order valence-electron chi connectivity index (χ4n) is 1.58. The number of aliphatic carboxylic acids is 1. The predicted octanol–water partition coefficient (Wildman–Crippen LogP) is 1.45. The molecule has 0 fully saturated rings. The fourth-order valence-corrected chi connectivity index (χ4v) is 2.96. The van der Waals surface area contributed by atoms with Gasteiger partial charge in [-0.2, -0.15) is 0 Å². The van der Waals surface area contributed by atoms with Crippen molar-refractivity contribution in [1.29, 1.82) is 0 Å². The number of hydrogen-bond acceptors (Lipinski definition) is 6. The molecule has 21 heavy (non-hydrogen) atoms. The first-order valence-corrected chi connectivity index (χ1v) is 7.98. The monoisotopic (exact) mass is 315 g/mol. The summed E-state index contributed by atoms with van der Waals surface area (Å²) in [5.41, 5.74) is 6.08. The number of carbonyl (C=O) groups excluding carboxylic acids is 1. The molecule has 0 bridgehead atoms. The van der Waals surface area contributed by atoms with Gasteiger partial charge in [0.05, 0.1) is 6.16 Å². The van der Waals surface area contributed by atoms with Gasteiger partial charge in [0.2, 0.25) is 0 Å². The Balaban J connectivity index is 2.75. The van der Waals surface area contributed by atoms with E-state index < -0.39 is 19.6 Å². The minimum Gasteiger partial charge on any atom is -0.480 e. The second-order valence-corrected chi connectivity index (χ2v) is 6.58. The van der Waals surface area contributed by atoms with Crippen molar-refractivity contribution in [3.05, 3.63) is 29.8 Å². The molecule has 1 rings (SSSR count). The van der Waals surface area contributed by atoms with Gasteiger partial charge in [-0.25, -0.2) is 4.57 Å². The summed E-state index contributed by atoms with van der Waals surface area (Å²) in [5.74, 6) is -0.880. The minimum atomic E-state index is -3.49. The first-order valence-electron chi connectivity index (χ1n) is 6.25. The van der Waals surface area contributed by atoms with Crippen LogP contribution in [-0.4, -0.2) is 36.7 Å². The molecule has 0 aliphatic carbocycles. The van der Waals surface area contributed by atoms with Crippen molar-refractivity contribution in [3.8, 4) is 5.75 Å². The molecule has 0 heterocycles. The SMILES string of the molecule is COP(=O)(CCC(N)C(=O)O)Oc1cccc(CC=O)c1. The van der Waals surface area contributed by atoms with E-state index in [1.165, 1.54) is 7.11 Å². The number of nitrogens with two attached hydrogens (primary N) is 1. The number of benzene rings is 1. The molecule has 116 valence electrons. The molecule has 2 unspecified atom stereocenters. The molecule has 7 nitrogen and oxygen atoms in total. The van der Waals surface area contributed by atoms with E-state index in [2.05, 4.69) is 0 Å². The molecular weight excluding hydrogens is 297 g/mol. The molecule has 0 aliphatic rings. The van der Waals surface area contributed by atoms with Gasteiger partial charge in [0.15, 0.2) is 0 Å². The van der Waals surface area contributed by atoms with Gasteiger partial charge < -0.3 is 24.7 Å². The number of carbonyl (C=O) groups is 2. The molecule has 0 amide bonds. The van der Waals surface area contributed by atoms with Crippen molar-refractivity contribution >= 4 is 19.9 Å². The first-order chi connectivity index (χ1) is 9.90. The Morgan fingerprint density at radius 3 is 2.81 bits per heavy atom. The van der Waals surface area contributed by atoms with Crippen molar-refractivity contribution in [1.82, 2.24) is 0 Å². The summed E-state index contributed by atoms with van der Waals surface area (Å²) < 4.78 is 22.6. The number of rotatable bonds is 9. The van der Waals surface area contributed by atoms with Crippen LogP contribution in [0.3, 0.4) is 0 Å². The highest BCUT2D eigenvalue weighted by Crippen LogP contribution is 2.48. The van der Waals surface area contributed by atoms with Crippen LogP contribution in [0.1, 0.15) is 12.0 Å². The lowest BCUT2D eigenvalue weighted by atomic mass is 10.2. The highest BCUT2D eigenvalue weighted by molar-refractivity contribution is 7.54. The topological polar surface area (TPSA) is 116 Å². The van der Waals surface area contributed by atoms with Crippen LogP contribution in [0.4, 0.5) is 0 Å². The third kappa shape index (κ3) is 5.67. The largest absolute Gasteiger partial charge is 0.480 e. The summed E-state index contributed by atoms with van der Waals surface area (Å²) in [5, 5.41) is 8.71. The lowest BCUT2D eigenvalue weighted by Crippen LogP contribution is -2.31. The molecule has 0 radical (unpaired) electrons. The molecule has 3 N–H and O–H groups in total. The van der Waals surface area contributed by atoms with Crippen LogP contribution >= 0.6 is 7.60 Å². The number of aldehydes is 1. The molecule has 2 atom stereocenters. The molecule has 0 aromatic heterocycles. The van der Waals surface area contributed by atoms with E-state index in [1.54, 1.807) is 24.3 Å². The lowest BCUT2D eigenvalue weighted by Gasteiger charge is -2.18. The van der Waals surface area contributed by atoms with Gasteiger partial charge in [-0.3, -0.25) is 4.79 Å². The van der Waals surface area contributed by atoms with Gasteiger partial charge in [-0.1, -0.05) is 12.1 Å². The Kier molecular flexibility index (Phi) is 6.55. The Hall–Kier alpha value is -1.69. The molecule has 1 aromatic rings. The zero-order chi connectivity index (χ0) is 15.9. The van der Waals surface area contributed by atoms with E-state index in [1.807, 2.05) is 0 Å². The second-order valence-electron chi connectivity index (χ2n) is 4.36. The van der Waals surface area contributed by atoms with E-state index in [9.17, 15) is 14.2 Å². The van der Waals surface area contributed by atoms with E-state index in [0.717, 1.165) is 6.29 Å². The van der Waals surface area contributed by atoms with Crippen LogP contribution < -0.4 is 10.3 Å². The van der Waals surface area contributed by atoms with E-state index in [-0.39, 0.29) is 19.0 Å². The van der Waals surface area contributed by atoms with Crippen LogP contribution in [0, 0.1) is 0 Å². The normalized spacial score (nSPS) is 15.0. The van der Waals surface area contributed by atoms with E-state index in [4.69, 9.17) is 19.9 Å². The Morgan fingerprint density at radius 1 is 1.52 bits per heavy atom. The third-order valence-electron chi connectivity index (χ3n) is 2.77. The smallest absolute Gasteiger partial charge is 0.378 e. The first kappa shape index (κ1) is 17.4. The van der Waals surface area contributed by atoms with Crippen molar-refractivity contribution in [3.63, 3.8) is 0 Å². The quantitative estimate of drug-likeness (QED) is 0.523. The summed E-state index contributed by atoms with van der Waals surface area (Å²) in [4.78, 5) is 21.1. The second kappa shape index (κ2) is 7.93. The van der Waals surface area contributed by atoms with Crippen molar-refractivity contribution in [2.45, 2.75) is 18.9 Å². The van der Waals surface area contributed by atoms with Gasteiger partial charge in [-0.15, -0.1) is 0 Å². The van der Waals surface area contributed by atoms with Crippen molar-refractivity contribution < 1.29 is 28.3 Å². The van der Waals surface area contributed by atoms with Crippen LogP contribution in [0.15, 0.2) is 24.3 Å². The van der Waals surface area contributed by atoms with Crippen LogP contribution in [0.5, 0.6) is 5.75 Å². The molecule has 0 aliphatic heterocycles. The van der Waals surface area contributed by atoms with Gasteiger partial charge in [-0.05, 0) is 24.1 Å². The van der Waals surface area contributed by atoms with Crippen LogP contribution in [0.25, 0.3) is 0 Å². The number of carboxylic acid groups (broad SMARTS) is 1. The standard InChI is InChI=1S/C13H18NO6P/c1-19-21(18,8-6-12(14)13(16)17)20-11-4-2-3-10(9-11)5-7-15/h2-4,7,9,12H,5-6,8,14H2,1H3,(H,16,17). The maximum absolute atomic E-state index is 12.4. The fraction of sp³-hybridized carbons (Fsp3) is 0.385. The number of carboxylic acids is 1. The molecule has 0 spiro atoms. The summed E-state index contributed by atoms with van der Waals surface area (Å²) in [6.45, 7) is 0. The zero-order valence-corrected chi connectivity index (χ0v) is 12.5. The maximum atomic E-state index is 12.4. The summed E-state index contributed by atoms with van der Waals surface area (Å²) in [7, 11) is -2.26. The van der Waals surface area contributed by atoms with E-state index in [0.29, 0.717) is 11.3 Å². The molecule has 0 saturated heterocycles. The highest BCUT2D eigenvalue weighted by atomic mass is 31.2. The molecule has 1 aromatic carbocycles. The van der Waals surface area contributed by atoms with Gasteiger partial charge in [0, 0.05) is 13.5 Å².